The summed E-state index contributed by atoms with van der Waals surface area (Å²) in [6, 6.07) is 3.35. The summed E-state index contributed by atoms with van der Waals surface area (Å²) in [5, 5.41) is 0. The van der Waals surface area contributed by atoms with Crippen molar-refractivity contribution in [1.82, 2.24) is 28.4 Å². The fraction of sp³-hybridized carbons (Fsp3) is 0.562. The molecule has 0 bridgehead atoms. The molecule has 1 spiro atoms. The van der Waals surface area contributed by atoms with Crippen LogP contribution in [0.2, 0.25) is 0 Å². The van der Waals surface area contributed by atoms with Crippen molar-refractivity contribution in [2.24, 2.45) is 11.3 Å². The molecule has 5 heterocycles. The minimum absolute atomic E-state index is 0.115. The van der Waals surface area contributed by atoms with Crippen LogP contribution in [-0.2, 0) is 15.0 Å². The Morgan fingerprint density at radius 1 is 1.11 bits per heavy atom. The van der Waals surface area contributed by atoms with Gasteiger partial charge < -0.3 is 19.4 Å². The molecule has 4 fully saturated rings. The molecule has 254 valence electrons. The number of carbonyl (C=O) groups excluding carboxylic acids is 2. The van der Waals surface area contributed by atoms with Crippen LogP contribution >= 0.6 is 0 Å². The molecular formula is C32H41F2N7O5S. The molecule has 4 aliphatic heterocycles. The van der Waals surface area contributed by atoms with Crippen LogP contribution in [0.25, 0.3) is 0 Å². The summed E-state index contributed by atoms with van der Waals surface area (Å²) in [6.45, 7) is 10.7. The van der Waals surface area contributed by atoms with Gasteiger partial charge in [0.1, 0.15) is 17.9 Å². The maximum absolute atomic E-state index is 13.6. The number of piperidine rings is 2. The molecule has 47 heavy (non-hydrogen) atoms. The molecular weight excluding hydrogens is 632 g/mol. The lowest BCUT2D eigenvalue weighted by molar-refractivity contribution is -0.130. The monoisotopic (exact) mass is 673 g/mol. The molecule has 0 N–H and O–H groups in total. The second-order valence-electron chi connectivity index (χ2n) is 13.2. The van der Waals surface area contributed by atoms with E-state index in [0.29, 0.717) is 36.9 Å². The van der Waals surface area contributed by atoms with Gasteiger partial charge in [-0.3, -0.25) is 9.59 Å². The molecule has 0 aliphatic carbocycles. The Morgan fingerprint density at radius 3 is 2.49 bits per heavy atom. The number of aldehydes is 1. The SMILES string of the molecule is C=C(F)C(=O)N1CCN(S(=O)(=O)N2CCC(CN3CCC4(CC3)CN(c3ncncc3Oc3ccc(F)cc3C=O)C4)CC2)[C@H](C)C1. The second-order valence-corrected chi connectivity index (χ2v) is 15.1. The van der Waals surface area contributed by atoms with Gasteiger partial charge in [-0.25, -0.2) is 18.7 Å². The van der Waals surface area contributed by atoms with Crippen LogP contribution in [0.15, 0.2) is 43.1 Å². The number of anilines is 1. The molecule has 15 heteroatoms. The van der Waals surface area contributed by atoms with Crippen LogP contribution in [-0.4, -0.2) is 120 Å². The largest absolute Gasteiger partial charge is 0.451 e. The van der Waals surface area contributed by atoms with Crippen molar-refractivity contribution in [3.05, 3.63) is 54.5 Å². The van der Waals surface area contributed by atoms with Crippen LogP contribution in [0.5, 0.6) is 11.5 Å². The van der Waals surface area contributed by atoms with Crippen molar-refractivity contribution < 1.29 is 31.5 Å². The number of ether oxygens (including phenoxy) is 1. The molecule has 4 aliphatic rings. The summed E-state index contributed by atoms with van der Waals surface area (Å²) >= 11 is 0. The fourth-order valence-electron chi connectivity index (χ4n) is 7.36. The standard InChI is InChI=1S/C32H41F2N7O5S/c1-23-17-38(31(43)24(2)33)13-14-41(23)47(44,45)40-9-5-25(6-10-40)18-37-11-7-32(8-12-37)20-39(21-32)30-29(16-35-22-36-30)46-28-4-3-27(34)15-26(28)19-42/h3-4,15-16,19,22-23,25H,2,5-14,17-18,20-21H2,1H3/t23-/m1/s1. The summed E-state index contributed by atoms with van der Waals surface area (Å²) in [7, 11) is -3.68. The molecule has 1 aromatic carbocycles. The Morgan fingerprint density at radius 2 is 1.83 bits per heavy atom. The third-order valence-corrected chi connectivity index (χ3v) is 12.2. The number of carbonyl (C=O) groups is 2. The molecule has 1 aromatic heterocycles. The number of piperazine rings is 1. The first-order valence-corrected chi connectivity index (χ1v) is 17.5. The first kappa shape index (κ1) is 33.4. The van der Waals surface area contributed by atoms with E-state index in [1.54, 1.807) is 17.4 Å². The van der Waals surface area contributed by atoms with E-state index in [-0.39, 0.29) is 36.4 Å². The van der Waals surface area contributed by atoms with Crippen molar-refractivity contribution in [1.29, 1.82) is 0 Å². The number of likely N-dealkylation sites (tertiary alicyclic amines) is 1. The van der Waals surface area contributed by atoms with E-state index in [1.165, 1.54) is 27.7 Å². The number of benzene rings is 1. The van der Waals surface area contributed by atoms with Crippen LogP contribution in [0.1, 0.15) is 43.0 Å². The molecule has 0 unspecified atom stereocenters. The number of hydrogen-bond acceptors (Lipinski definition) is 9. The normalized spacial score (nSPS) is 23.0. The van der Waals surface area contributed by atoms with E-state index in [2.05, 4.69) is 26.3 Å². The Kier molecular flexibility index (Phi) is 9.61. The van der Waals surface area contributed by atoms with Gasteiger partial charge in [0.25, 0.3) is 16.1 Å². The third kappa shape index (κ3) is 7.03. The van der Waals surface area contributed by atoms with E-state index in [0.717, 1.165) is 64.5 Å². The van der Waals surface area contributed by atoms with Crippen molar-refractivity contribution in [2.75, 3.05) is 70.3 Å². The van der Waals surface area contributed by atoms with Gasteiger partial charge in [0.15, 0.2) is 23.7 Å². The number of amides is 1. The minimum Gasteiger partial charge on any atom is -0.451 e. The van der Waals surface area contributed by atoms with Gasteiger partial charge in [-0.2, -0.15) is 17.0 Å². The van der Waals surface area contributed by atoms with Crippen LogP contribution in [0.4, 0.5) is 14.6 Å². The maximum Gasteiger partial charge on any atom is 0.282 e. The Balaban J connectivity index is 0.960. The van der Waals surface area contributed by atoms with Crippen LogP contribution in [0.3, 0.4) is 0 Å². The van der Waals surface area contributed by atoms with Crippen molar-refractivity contribution in [2.45, 2.75) is 38.6 Å². The highest BCUT2D eigenvalue weighted by atomic mass is 32.2. The third-order valence-electron chi connectivity index (χ3n) is 10.0. The maximum atomic E-state index is 13.6. The van der Waals surface area contributed by atoms with Gasteiger partial charge >= 0.3 is 0 Å². The van der Waals surface area contributed by atoms with Gasteiger partial charge in [0.2, 0.25) is 0 Å². The van der Waals surface area contributed by atoms with Gasteiger partial charge in [-0.05, 0) is 69.8 Å². The molecule has 1 amide bonds. The summed E-state index contributed by atoms with van der Waals surface area (Å²) in [5.41, 5.74) is 0.299. The summed E-state index contributed by atoms with van der Waals surface area (Å²) < 4.78 is 62.8. The summed E-state index contributed by atoms with van der Waals surface area (Å²) in [5.74, 6) is -0.606. The van der Waals surface area contributed by atoms with Gasteiger partial charge in [-0.1, -0.05) is 6.58 Å². The highest BCUT2D eigenvalue weighted by Crippen LogP contribution is 2.45. The minimum atomic E-state index is -3.68. The zero-order chi connectivity index (χ0) is 33.3. The van der Waals surface area contributed by atoms with Crippen LogP contribution < -0.4 is 9.64 Å². The number of hydrogen-bond donors (Lipinski definition) is 0. The van der Waals surface area contributed by atoms with Crippen LogP contribution in [0, 0.1) is 17.2 Å². The van der Waals surface area contributed by atoms with E-state index < -0.39 is 33.8 Å². The summed E-state index contributed by atoms with van der Waals surface area (Å²) in [6.07, 6.45) is 7.26. The van der Waals surface area contributed by atoms with Gasteiger partial charge in [0, 0.05) is 63.8 Å². The predicted molar refractivity (Wildman–Crippen MR) is 170 cm³/mol. The smallest absolute Gasteiger partial charge is 0.282 e. The Bertz CT molecular complexity index is 1600. The molecule has 0 saturated carbocycles. The number of aromatic nitrogens is 2. The lowest BCUT2D eigenvalue weighted by Gasteiger charge is -2.54. The molecule has 2 aromatic rings. The van der Waals surface area contributed by atoms with Gasteiger partial charge in [-0.15, -0.1) is 0 Å². The molecule has 1 atom stereocenters. The predicted octanol–water partition coefficient (Wildman–Crippen LogP) is 3.10. The average molecular weight is 674 g/mol. The zero-order valence-corrected chi connectivity index (χ0v) is 27.4. The first-order chi connectivity index (χ1) is 22.5. The van der Waals surface area contributed by atoms with E-state index >= 15 is 0 Å². The number of nitrogens with zero attached hydrogens (tertiary/aromatic N) is 7. The number of rotatable bonds is 9. The first-order valence-electron chi connectivity index (χ1n) is 16.1. The quantitative estimate of drug-likeness (QED) is 0.292. The highest BCUT2D eigenvalue weighted by molar-refractivity contribution is 7.86. The average Bonchev–Trinajstić information content (AvgIpc) is 3.05. The summed E-state index contributed by atoms with van der Waals surface area (Å²) in [4.78, 5) is 37.9. The van der Waals surface area contributed by atoms with Crippen molar-refractivity contribution in [3.63, 3.8) is 0 Å². The molecule has 6 rings (SSSR count). The van der Waals surface area contributed by atoms with Crippen molar-refractivity contribution in [3.8, 4) is 11.5 Å². The van der Waals surface area contributed by atoms with E-state index in [9.17, 15) is 26.8 Å². The van der Waals surface area contributed by atoms with E-state index in [4.69, 9.17) is 4.74 Å². The Labute approximate surface area is 274 Å². The lowest BCUT2D eigenvalue weighted by atomic mass is 9.72. The number of halogens is 2. The second kappa shape index (κ2) is 13.5. The molecule has 0 radical (unpaired) electrons. The Hall–Kier alpha value is -3.53. The molecule has 4 saturated heterocycles. The zero-order valence-electron chi connectivity index (χ0n) is 26.6. The van der Waals surface area contributed by atoms with Gasteiger partial charge in [0.05, 0.1) is 11.8 Å². The molecule has 12 nitrogen and oxygen atoms in total. The topological polar surface area (TPSA) is 119 Å². The lowest BCUT2D eigenvalue weighted by Crippen LogP contribution is -2.61. The van der Waals surface area contributed by atoms with E-state index in [1.807, 2.05) is 0 Å². The fourth-order valence-corrected chi connectivity index (χ4v) is 9.16. The van der Waals surface area contributed by atoms with Crippen molar-refractivity contribution >= 4 is 28.2 Å². The highest BCUT2D eigenvalue weighted by Gasteiger charge is 2.46.